The molecule has 0 bridgehead atoms. The Labute approximate surface area is 91.1 Å². The molecule has 1 aromatic carbocycles. The predicted molar refractivity (Wildman–Crippen MR) is 44.2 cm³/mol. The molecule has 0 aliphatic carbocycles. The highest BCUT2D eigenvalue weighted by Gasteiger charge is 2.24. The van der Waals surface area contributed by atoms with Crippen molar-refractivity contribution in [1.29, 1.82) is 0 Å². The SMILES string of the molecule is C#Cc1c(F)c(F)c(F)c(F)c1F.FC#CF. The van der Waals surface area contributed by atoms with E-state index >= 15 is 0 Å². The van der Waals surface area contributed by atoms with Gasteiger partial charge >= 0.3 is 0 Å². The Kier molecular flexibility index (Phi) is 5.62. The fraction of sp³-hybridized carbons (Fsp3) is 0. The molecular weight excluding hydrogens is 253 g/mol. The normalized spacial score (nSPS) is 8.35. The Balaban J connectivity index is 0.000000557. The lowest BCUT2D eigenvalue weighted by Crippen LogP contribution is -2.04. The Bertz CT molecular complexity index is 481. The lowest BCUT2D eigenvalue weighted by atomic mass is 10.2. The zero-order valence-electron chi connectivity index (χ0n) is 7.72. The Morgan fingerprint density at radius 3 is 1.18 bits per heavy atom. The number of rotatable bonds is 0. The van der Waals surface area contributed by atoms with Gasteiger partial charge in [0.25, 0.3) is 0 Å². The van der Waals surface area contributed by atoms with Crippen molar-refractivity contribution < 1.29 is 30.7 Å². The van der Waals surface area contributed by atoms with E-state index in [1.54, 1.807) is 0 Å². The summed E-state index contributed by atoms with van der Waals surface area (Å²) in [4.78, 5) is 0. The first-order chi connectivity index (χ1) is 7.92. The van der Waals surface area contributed by atoms with Crippen molar-refractivity contribution >= 4 is 0 Å². The van der Waals surface area contributed by atoms with Crippen LogP contribution in [0.3, 0.4) is 0 Å². The molecule has 1 aromatic rings. The van der Waals surface area contributed by atoms with Gasteiger partial charge in [0.15, 0.2) is 23.3 Å². The van der Waals surface area contributed by atoms with Crippen LogP contribution >= 0.6 is 0 Å². The second-order valence-electron chi connectivity index (χ2n) is 2.28. The maximum Gasteiger partial charge on any atom is 0.200 e. The van der Waals surface area contributed by atoms with Crippen LogP contribution in [-0.4, -0.2) is 0 Å². The largest absolute Gasteiger partial charge is 0.202 e. The molecule has 0 spiro atoms. The van der Waals surface area contributed by atoms with E-state index in [1.807, 2.05) is 0 Å². The number of hydrogen-bond acceptors (Lipinski definition) is 0. The molecule has 0 radical (unpaired) electrons. The van der Waals surface area contributed by atoms with Crippen molar-refractivity contribution in [3.63, 3.8) is 0 Å². The zero-order chi connectivity index (χ0) is 13.6. The molecule has 0 aliphatic heterocycles. The van der Waals surface area contributed by atoms with Gasteiger partial charge in [-0.2, -0.15) is 0 Å². The standard InChI is InChI=1S/C8HF5.C2F2/c1-2-3-4(9)6(11)8(13)7(12)5(3)10;3-1-2-4/h1H;. The summed E-state index contributed by atoms with van der Waals surface area (Å²) in [5.74, 6) is -8.88. The van der Waals surface area contributed by atoms with E-state index in [2.05, 4.69) is 6.42 Å². The van der Waals surface area contributed by atoms with Crippen molar-refractivity contribution in [2.75, 3.05) is 0 Å². The van der Waals surface area contributed by atoms with Crippen LogP contribution in [0.4, 0.5) is 30.7 Å². The average Bonchev–Trinajstić information content (AvgIpc) is 2.35. The van der Waals surface area contributed by atoms with Gasteiger partial charge < -0.3 is 0 Å². The molecule has 0 atom stereocenters. The minimum Gasteiger partial charge on any atom is -0.202 e. The fourth-order valence-electron chi connectivity index (χ4n) is 0.732. The van der Waals surface area contributed by atoms with Gasteiger partial charge in [-0.15, -0.1) is 15.2 Å². The predicted octanol–water partition coefficient (Wildman–Crippen LogP) is 3.21. The first kappa shape index (κ1) is 14.8. The van der Waals surface area contributed by atoms with Gasteiger partial charge in [-0.05, 0) is 0 Å². The molecule has 0 unspecified atom stereocenters. The number of hydrogen-bond donors (Lipinski definition) is 0. The van der Waals surface area contributed by atoms with Crippen LogP contribution in [0.5, 0.6) is 0 Å². The summed E-state index contributed by atoms with van der Waals surface area (Å²) < 4.78 is 82.1. The van der Waals surface area contributed by atoms with Crippen LogP contribution in [0.2, 0.25) is 0 Å². The van der Waals surface area contributed by atoms with Crippen LogP contribution in [0, 0.1) is 53.8 Å². The maximum absolute atomic E-state index is 12.5. The molecule has 17 heavy (non-hydrogen) atoms. The van der Waals surface area contributed by atoms with Gasteiger partial charge in [-0.1, -0.05) is 5.92 Å². The molecule has 0 saturated carbocycles. The van der Waals surface area contributed by atoms with Gasteiger partial charge in [0.1, 0.15) is 17.9 Å². The highest BCUT2D eigenvalue weighted by Crippen LogP contribution is 2.21. The summed E-state index contributed by atoms with van der Waals surface area (Å²) in [5.41, 5.74) is -1.25. The van der Waals surface area contributed by atoms with Crippen molar-refractivity contribution in [2.45, 2.75) is 0 Å². The molecule has 0 aromatic heterocycles. The summed E-state index contributed by atoms with van der Waals surface area (Å²) in [7, 11) is 0. The van der Waals surface area contributed by atoms with E-state index < -0.39 is 34.6 Å². The van der Waals surface area contributed by atoms with E-state index in [-0.39, 0.29) is 0 Å². The van der Waals surface area contributed by atoms with Crippen molar-refractivity contribution in [1.82, 2.24) is 0 Å². The Morgan fingerprint density at radius 1 is 0.647 bits per heavy atom. The topological polar surface area (TPSA) is 0 Å². The number of halogens is 7. The van der Waals surface area contributed by atoms with E-state index in [1.165, 1.54) is 5.92 Å². The molecule has 0 nitrogen and oxygen atoms in total. The monoisotopic (exact) mass is 254 g/mol. The second kappa shape index (κ2) is 6.44. The van der Waals surface area contributed by atoms with Crippen LogP contribution in [0.15, 0.2) is 0 Å². The lowest BCUT2D eigenvalue weighted by molar-refractivity contribution is 0.376. The summed E-state index contributed by atoms with van der Waals surface area (Å²) in [5, 5.41) is 0. The number of benzene rings is 1. The van der Waals surface area contributed by atoms with Gasteiger partial charge in [-0.3, -0.25) is 0 Å². The molecule has 1 rings (SSSR count). The Morgan fingerprint density at radius 2 is 0.941 bits per heavy atom. The van der Waals surface area contributed by atoms with Gasteiger partial charge in [0.05, 0.1) is 0 Å². The van der Waals surface area contributed by atoms with Crippen LogP contribution < -0.4 is 0 Å². The summed E-state index contributed by atoms with van der Waals surface area (Å²) in [6.07, 6.45) is 5.58. The third kappa shape index (κ3) is 3.15. The third-order valence-electron chi connectivity index (χ3n) is 1.39. The molecule has 90 valence electrons. The quantitative estimate of drug-likeness (QED) is 0.288. The van der Waals surface area contributed by atoms with Crippen LogP contribution in [0.1, 0.15) is 5.56 Å². The minimum atomic E-state index is -2.21. The van der Waals surface area contributed by atoms with Gasteiger partial charge in [-0.25, -0.2) is 22.0 Å². The van der Waals surface area contributed by atoms with Crippen molar-refractivity contribution in [3.8, 4) is 24.7 Å². The molecule has 0 aliphatic rings. The highest BCUT2D eigenvalue weighted by molar-refractivity contribution is 5.36. The first-order valence-corrected chi connectivity index (χ1v) is 3.61. The molecule has 0 heterocycles. The zero-order valence-corrected chi connectivity index (χ0v) is 7.72. The van der Waals surface area contributed by atoms with Gasteiger partial charge in [0, 0.05) is 0 Å². The van der Waals surface area contributed by atoms with Crippen LogP contribution in [0.25, 0.3) is 0 Å². The summed E-state index contributed by atoms with van der Waals surface area (Å²) in [6, 6.07) is 0. The first-order valence-electron chi connectivity index (χ1n) is 3.61. The highest BCUT2D eigenvalue weighted by atomic mass is 19.2. The summed E-state index contributed by atoms with van der Waals surface area (Å²) >= 11 is 0. The van der Waals surface area contributed by atoms with E-state index in [0.717, 1.165) is 0 Å². The van der Waals surface area contributed by atoms with Crippen molar-refractivity contribution in [2.24, 2.45) is 0 Å². The molecule has 7 heteroatoms. The molecular formula is C10HF7. The molecule has 0 saturated heterocycles. The summed E-state index contributed by atoms with van der Waals surface area (Å²) in [6.45, 7) is 0. The third-order valence-corrected chi connectivity index (χ3v) is 1.39. The fourth-order valence-corrected chi connectivity index (χ4v) is 0.732. The van der Waals surface area contributed by atoms with E-state index in [0.29, 0.717) is 12.3 Å². The number of terminal acetylenes is 1. The van der Waals surface area contributed by atoms with Crippen molar-refractivity contribution in [3.05, 3.63) is 34.6 Å². The minimum absolute atomic E-state index is 0.514. The lowest BCUT2D eigenvalue weighted by Gasteiger charge is -2.01. The molecule has 0 fully saturated rings. The van der Waals surface area contributed by atoms with Gasteiger partial charge in [0.2, 0.25) is 5.82 Å². The van der Waals surface area contributed by atoms with E-state index in [4.69, 9.17) is 0 Å². The maximum atomic E-state index is 12.5. The average molecular weight is 254 g/mol. The second-order valence-corrected chi connectivity index (χ2v) is 2.28. The smallest absolute Gasteiger partial charge is 0.200 e. The molecule has 0 amide bonds. The Hall–Kier alpha value is -2.15. The molecule has 0 N–H and O–H groups in total. The van der Waals surface area contributed by atoms with Crippen LogP contribution in [-0.2, 0) is 0 Å². The van der Waals surface area contributed by atoms with E-state index in [9.17, 15) is 30.7 Å².